The highest BCUT2D eigenvalue weighted by molar-refractivity contribution is 9.10. The molecular formula is C23H25BrF3N6O5P. The molecule has 4 N–H and O–H groups in total. The summed E-state index contributed by atoms with van der Waals surface area (Å²) in [6.45, 7) is 3.63. The molecule has 2 aromatic heterocycles. The zero-order chi connectivity index (χ0) is 28.8. The van der Waals surface area contributed by atoms with Gasteiger partial charge in [-0.1, -0.05) is 6.07 Å². The minimum atomic E-state index is -4.81. The Balaban J connectivity index is 1.97. The number of nitrogens with one attached hydrogen (secondary N) is 3. The summed E-state index contributed by atoms with van der Waals surface area (Å²) in [6, 6.07) is 7.37. The summed E-state index contributed by atoms with van der Waals surface area (Å²) in [5.74, 6) is -1.21. The average molecular weight is 633 g/mol. The van der Waals surface area contributed by atoms with Gasteiger partial charge in [-0.2, -0.15) is 18.2 Å². The van der Waals surface area contributed by atoms with Gasteiger partial charge in [-0.3, -0.25) is 9.36 Å². The number of halogens is 4. The van der Waals surface area contributed by atoms with Crippen LogP contribution in [0, 0.1) is 0 Å². The smallest absolute Gasteiger partial charge is 0.421 e. The van der Waals surface area contributed by atoms with E-state index in [1.807, 2.05) is 0 Å². The molecule has 1 atom stereocenters. The molecule has 0 aliphatic carbocycles. The fraction of sp³-hybridized carbons (Fsp3) is 0.304. The second-order valence-corrected chi connectivity index (χ2v) is 10.5. The Morgan fingerprint density at radius 2 is 1.85 bits per heavy atom. The highest BCUT2D eigenvalue weighted by atomic mass is 79.9. The number of hydrogen-bond acceptors (Lipinski definition) is 9. The lowest BCUT2D eigenvalue weighted by Crippen LogP contribution is -2.25. The van der Waals surface area contributed by atoms with Crippen LogP contribution in [0.1, 0.15) is 35.5 Å². The predicted octanol–water partition coefficient (Wildman–Crippen LogP) is 5.62. The summed E-state index contributed by atoms with van der Waals surface area (Å²) in [7, 11) is -2.50. The topological polar surface area (TPSA) is 148 Å². The number of aromatic nitrogens is 3. The number of nitrogens with zero attached hydrogens (tertiary/aromatic N) is 3. The first-order chi connectivity index (χ1) is 18.4. The van der Waals surface area contributed by atoms with Crippen LogP contribution in [0.3, 0.4) is 0 Å². The lowest BCUT2D eigenvalue weighted by molar-refractivity contribution is -0.137. The molecule has 16 heteroatoms. The van der Waals surface area contributed by atoms with Crippen LogP contribution in [0.5, 0.6) is 5.75 Å². The maximum atomic E-state index is 13.8. The first-order valence-electron chi connectivity index (χ1n) is 11.4. The first kappa shape index (κ1) is 30.3. The van der Waals surface area contributed by atoms with Gasteiger partial charge < -0.3 is 30.1 Å². The number of rotatable bonds is 11. The third kappa shape index (κ3) is 8.12. The Morgan fingerprint density at radius 3 is 2.49 bits per heavy atom. The Bertz CT molecular complexity index is 1390. The maximum Gasteiger partial charge on any atom is 0.421 e. The second-order valence-electron chi connectivity index (χ2n) is 7.84. The number of carbonyl (C=O) groups is 1. The van der Waals surface area contributed by atoms with Crippen LogP contribution in [0.2, 0.25) is 0 Å². The minimum absolute atomic E-state index is 0.0102. The molecule has 39 heavy (non-hydrogen) atoms. The van der Waals surface area contributed by atoms with Gasteiger partial charge in [-0.05, 0) is 59.6 Å². The van der Waals surface area contributed by atoms with Crippen molar-refractivity contribution in [1.29, 1.82) is 0 Å². The molecule has 1 aromatic carbocycles. The molecule has 3 aromatic rings. The van der Waals surface area contributed by atoms with Crippen LogP contribution in [-0.2, 0) is 21.4 Å². The molecule has 0 bridgehead atoms. The van der Waals surface area contributed by atoms with Gasteiger partial charge in [0.15, 0.2) is 5.69 Å². The van der Waals surface area contributed by atoms with Crippen LogP contribution in [0.4, 0.5) is 36.3 Å². The summed E-state index contributed by atoms with van der Waals surface area (Å²) >= 11 is 3.16. The molecule has 1 unspecified atom stereocenters. The van der Waals surface area contributed by atoms with Crippen LogP contribution in [0.15, 0.2) is 41.1 Å². The molecule has 0 aliphatic heterocycles. The number of amides is 1. The van der Waals surface area contributed by atoms with Crippen LogP contribution in [0.25, 0.3) is 0 Å². The number of benzene rings is 1. The van der Waals surface area contributed by atoms with Crippen molar-refractivity contribution in [3.8, 4) is 5.75 Å². The summed E-state index contributed by atoms with van der Waals surface area (Å²) < 4.78 is 64.0. The van der Waals surface area contributed by atoms with E-state index in [1.165, 1.54) is 37.4 Å². The van der Waals surface area contributed by atoms with Gasteiger partial charge in [0.25, 0.3) is 5.91 Å². The quantitative estimate of drug-likeness (QED) is 0.155. The molecule has 0 fully saturated rings. The van der Waals surface area contributed by atoms with Gasteiger partial charge in [0.05, 0.1) is 31.3 Å². The Kier molecular flexibility index (Phi) is 9.88. The SMILES string of the molecule is CCNC(=O)c1nc(Br)ccc1Nc1nc(Nc2ccc(CP(=O)(O)OCC)cc2OC)ncc1C(F)(F)F. The lowest BCUT2D eigenvalue weighted by Gasteiger charge is -2.17. The molecule has 2 heterocycles. The van der Waals surface area contributed by atoms with Crippen molar-refractivity contribution in [3.63, 3.8) is 0 Å². The number of pyridine rings is 1. The molecule has 11 nitrogen and oxygen atoms in total. The standard InChI is InChI=1S/C23H25BrF3N6O5P/c1-4-28-21(34)19-16(8-9-18(24)32-19)30-20-14(23(25,26)27)11-29-22(33-20)31-15-7-6-13(10-17(15)37-3)12-39(35,36)38-5-2/h6-11H,4-5,12H2,1-3H3,(H,28,34)(H,35,36)(H2,29,30,31,33). The maximum absolute atomic E-state index is 13.8. The van der Waals surface area contributed by atoms with E-state index in [4.69, 9.17) is 9.26 Å². The van der Waals surface area contributed by atoms with Crippen LogP contribution < -0.4 is 20.7 Å². The summed E-state index contributed by atoms with van der Waals surface area (Å²) in [5, 5.41) is 7.90. The molecule has 1 amide bonds. The Morgan fingerprint density at radius 1 is 1.13 bits per heavy atom. The van der Waals surface area contributed by atoms with Gasteiger partial charge in [0.2, 0.25) is 5.95 Å². The van der Waals surface area contributed by atoms with E-state index in [0.717, 1.165) is 0 Å². The number of methoxy groups -OCH3 is 1. The van der Waals surface area contributed by atoms with Gasteiger partial charge in [0, 0.05) is 12.7 Å². The summed E-state index contributed by atoms with van der Waals surface area (Å²) in [5.41, 5.74) is -0.603. The largest absolute Gasteiger partial charge is 0.495 e. The second kappa shape index (κ2) is 12.7. The van der Waals surface area contributed by atoms with E-state index in [0.29, 0.717) is 16.4 Å². The van der Waals surface area contributed by atoms with E-state index in [9.17, 15) is 27.4 Å². The van der Waals surface area contributed by atoms with Crippen LogP contribution >= 0.6 is 23.5 Å². The molecule has 0 saturated heterocycles. The van der Waals surface area contributed by atoms with E-state index >= 15 is 0 Å². The fourth-order valence-corrected chi connectivity index (χ4v) is 4.82. The van der Waals surface area contributed by atoms with E-state index in [2.05, 4.69) is 46.8 Å². The van der Waals surface area contributed by atoms with Crippen molar-refractivity contribution < 1.29 is 36.7 Å². The number of ether oxygens (including phenoxy) is 1. The number of alkyl halides is 3. The lowest BCUT2D eigenvalue weighted by atomic mass is 10.2. The molecule has 0 saturated carbocycles. The highest BCUT2D eigenvalue weighted by Crippen LogP contribution is 2.46. The molecule has 0 spiro atoms. The van der Waals surface area contributed by atoms with Gasteiger partial charge in [-0.15, -0.1) is 0 Å². The third-order valence-corrected chi connectivity index (χ3v) is 6.85. The number of anilines is 4. The minimum Gasteiger partial charge on any atom is -0.495 e. The summed E-state index contributed by atoms with van der Waals surface area (Å²) in [6.07, 6.45) is -4.48. The molecule has 210 valence electrons. The zero-order valence-corrected chi connectivity index (χ0v) is 23.4. The molecular weight excluding hydrogens is 608 g/mol. The van der Waals surface area contributed by atoms with Gasteiger partial charge >= 0.3 is 13.8 Å². The monoisotopic (exact) mass is 632 g/mol. The first-order valence-corrected chi connectivity index (χ1v) is 14.0. The van der Waals surface area contributed by atoms with E-state index < -0.39 is 31.1 Å². The van der Waals surface area contributed by atoms with Gasteiger partial charge in [-0.25, -0.2) is 9.97 Å². The fourth-order valence-electron chi connectivity index (χ4n) is 3.36. The van der Waals surface area contributed by atoms with Crippen molar-refractivity contribution in [2.75, 3.05) is 30.9 Å². The molecule has 0 radical (unpaired) electrons. The van der Waals surface area contributed by atoms with Crippen molar-refractivity contribution in [3.05, 3.63) is 58.0 Å². The molecule has 3 rings (SSSR count). The van der Waals surface area contributed by atoms with Crippen molar-refractivity contribution in [2.24, 2.45) is 0 Å². The van der Waals surface area contributed by atoms with Crippen molar-refractivity contribution in [1.82, 2.24) is 20.3 Å². The third-order valence-electron chi connectivity index (χ3n) is 4.99. The zero-order valence-electron chi connectivity index (χ0n) is 21.0. The Hall–Kier alpha value is -3.26. The van der Waals surface area contributed by atoms with E-state index in [1.54, 1.807) is 13.8 Å². The Labute approximate surface area is 230 Å². The highest BCUT2D eigenvalue weighted by Gasteiger charge is 2.36. The normalized spacial score (nSPS) is 12.9. The van der Waals surface area contributed by atoms with Crippen molar-refractivity contribution in [2.45, 2.75) is 26.2 Å². The molecule has 0 aliphatic rings. The number of hydrogen-bond donors (Lipinski definition) is 4. The summed E-state index contributed by atoms with van der Waals surface area (Å²) in [4.78, 5) is 34.2. The van der Waals surface area contributed by atoms with Gasteiger partial charge in [0.1, 0.15) is 21.7 Å². The average Bonchev–Trinajstić information content (AvgIpc) is 2.85. The van der Waals surface area contributed by atoms with Crippen molar-refractivity contribution >= 4 is 52.6 Å². The van der Waals surface area contributed by atoms with E-state index in [-0.39, 0.29) is 48.1 Å². The van der Waals surface area contributed by atoms with Crippen LogP contribution in [-0.4, -0.2) is 46.0 Å². The predicted molar refractivity (Wildman–Crippen MR) is 142 cm³/mol. The number of carbonyl (C=O) groups excluding carboxylic acids is 1.